The van der Waals surface area contributed by atoms with Gasteiger partial charge in [-0.15, -0.1) is 0 Å². The largest absolute Gasteiger partial charge is 0.493 e. The molecule has 1 aliphatic heterocycles. The Morgan fingerprint density at radius 2 is 1.67 bits per heavy atom. The highest BCUT2D eigenvalue weighted by molar-refractivity contribution is 6.07. The highest BCUT2D eigenvalue weighted by atomic mass is 16.5. The monoisotopic (exact) mass is 444 g/mol. The lowest BCUT2D eigenvalue weighted by Gasteiger charge is -2.23. The Morgan fingerprint density at radius 1 is 0.939 bits per heavy atom. The number of nitrogens with zero attached hydrogens (tertiary/aromatic N) is 1. The molecule has 6 nitrogen and oxygen atoms in total. The van der Waals surface area contributed by atoms with Gasteiger partial charge in [-0.1, -0.05) is 36.4 Å². The average molecular weight is 445 g/mol. The Labute approximate surface area is 194 Å². The molecule has 0 spiro atoms. The zero-order valence-electron chi connectivity index (χ0n) is 19.1. The van der Waals surface area contributed by atoms with Crippen molar-refractivity contribution in [3.63, 3.8) is 0 Å². The number of carbonyl (C=O) groups is 2. The Balaban J connectivity index is 1.44. The van der Waals surface area contributed by atoms with Crippen LogP contribution in [0.5, 0.6) is 11.5 Å². The molecular weight excluding hydrogens is 416 g/mol. The van der Waals surface area contributed by atoms with Gasteiger partial charge in [0.1, 0.15) is 0 Å². The summed E-state index contributed by atoms with van der Waals surface area (Å²) in [6.45, 7) is 2.45. The van der Waals surface area contributed by atoms with E-state index in [2.05, 4.69) is 18.3 Å². The van der Waals surface area contributed by atoms with Gasteiger partial charge in [-0.2, -0.15) is 0 Å². The number of nitrogens with one attached hydrogen (secondary N) is 1. The maximum atomic E-state index is 13.1. The van der Waals surface area contributed by atoms with Crippen LogP contribution in [0.3, 0.4) is 0 Å². The molecule has 0 saturated heterocycles. The highest BCUT2D eigenvalue weighted by Gasteiger charge is 2.31. The van der Waals surface area contributed by atoms with Gasteiger partial charge in [0.05, 0.1) is 20.6 Å². The SMILES string of the molecule is COc1ccc(CC(=O)NCc2ccc3c(c2)N(C(=O)c2ccccc2)C(C)C3)cc1OC. The van der Waals surface area contributed by atoms with Crippen LogP contribution >= 0.6 is 0 Å². The topological polar surface area (TPSA) is 67.9 Å². The summed E-state index contributed by atoms with van der Waals surface area (Å²) >= 11 is 0. The molecule has 3 aromatic carbocycles. The fraction of sp³-hybridized carbons (Fsp3) is 0.259. The van der Waals surface area contributed by atoms with Gasteiger partial charge in [0.2, 0.25) is 5.91 Å². The van der Waals surface area contributed by atoms with Crippen LogP contribution in [0.2, 0.25) is 0 Å². The van der Waals surface area contributed by atoms with E-state index in [4.69, 9.17) is 9.47 Å². The molecule has 6 heteroatoms. The van der Waals surface area contributed by atoms with Gasteiger partial charge in [-0.3, -0.25) is 9.59 Å². The van der Waals surface area contributed by atoms with Crippen LogP contribution in [-0.4, -0.2) is 32.1 Å². The first-order valence-electron chi connectivity index (χ1n) is 11.0. The van der Waals surface area contributed by atoms with Crippen LogP contribution in [0.1, 0.15) is 34.0 Å². The molecule has 1 heterocycles. The molecule has 0 bridgehead atoms. The van der Waals surface area contributed by atoms with Crippen LogP contribution in [0.4, 0.5) is 5.69 Å². The van der Waals surface area contributed by atoms with Gasteiger partial charge in [-0.05, 0) is 60.4 Å². The van der Waals surface area contributed by atoms with Crippen molar-refractivity contribution in [2.75, 3.05) is 19.1 Å². The number of ether oxygens (including phenoxy) is 2. The minimum atomic E-state index is -0.0895. The number of hydrogen-bond donors (Lipinski definition) is 1. The predicted octanol–water partition coefficient (Wildman–Crippen LogP) is 4.15. The van der Waals surface area contributed by atoms with Crippen molar-refractivity contribution in [1.29, 1.82) is 0 Å². The summed E-state index contributed by atoms with van der Waals surface area (Å²) in [5.74, 6) is 1.13. The summed E-state index contributed by atoms with van der Waals surface area (Å²) in [7, 11) is 3.15. The van der Waals surface area contributed by atoms with Crippen LogP contribution < -0.4 is 19.7 Å². The third-order valence-electron chi connectivity index (χ3n) is 5.91. The second-order valence-corrected chi connectivity index (χ2v) is 8.20. The highest BCUT2D eigenvalue weighted by Crippen LogP contribution is 2.34. The minimum Gasteiger partial charge on any atom is -0.493 e. The molecule has 1 unspecified atom stereocenters. The Kier molecular flexibility index (Phi) is 6.63. The lowest BCUT2D eigenvalue weighted by molar-refractivity contribution is -0.120. The van der Waals surface area contributed by atoms with E-state index < -0.39 is 0 Å². The zero-order chi connectivity index (χ0) is 23.4. The summed E-state index contributed by atoms with van der Waals surface area (Å²) < 4.78 is 10.6. The van der Waals surface area contributed by atoms with Crippen LogP contribution in [0.25, 0.3) is 0 Å². The van der Waals surface area contributed by atoms with E-state index in [0.29, 0.717) is 23.6 Å². The van der Waals surface area contributed by atoms with Gasteiger partial charge in [0.15, 0.2) is 11.5 Å². The van der Waals surface area contributed by atoms with E-state index in [1.807, 2.05) is 59.5 Å². The number of rotatable bonds is 7. The molecular formula is C27H28N2O4. The van der Waals surface area contributed by atoms with E-state index >= 15 is 0 Å². The number of benzene rings is 3. The van der Waals surface area contributed by atoms with Crippen molar-refractivity contribution in [2.24, 2.45) is 0 Å². The molecule has 0 saturated carbocycles. The van der Waals surface area contributed by atoms with Crippen LogP contribution in [0, 0.1) is 0 Å². The molecule has 2 amide bonds. The number of methoxy groups -OCH3 is 2. The predicted molar refractivity (Wildman–Crippen MR) is 128 cm³/mol. The molecule has 1 atom stereocenters. The second-order valence-electron chi connectivity index (χ2n) is 8.20. The van der Waals surface area contributed by atoms with Crippen LogP contribution in [-0.2, 0) is 24.2 Å². The minimum absolute atomic E-state index is 0.00325. The maximum Gasteiger partial charge on any atom is 0.258 e. The van der Waals surface area contributed by atoms with E-state index in [1.54, 1.807) is 20.3 Å². The third-order valence-corrected chi connectivity index (χ3v) is 5.91. The van der Waals surface area contributed by atoms with E-state index in [0.717, 1.165) is 28.8 Å². The van der Waals surface area contributed by atoms with E-state index in [9.17, 15) is 9.59 Å². The number of anilines is 1. The molecule has 0 aromatic heterocycles. The first-order chi connectivity index (χ1) is 16.0. The van der Waals surface area contributed by atoms with E-state index in [-0.39, 0.29) is 24.3 Å². The fourth-order valence-electron chi connectivity index (χ4n) is 4.23. The van der Waals surface area contributed by atoms with Crippen molar-refractivity contribution in [1.82, 2.24) is 5.32 Å². The summed E-state index contributed by atoms with van der Waals surface area (Å²) in [4.78, 5) is 27.5. The lowest BCUT2D eigenvalue weighted by Crippen LogP contribution is -2.35. The number of carbonyl (C=O) groups excluding carboxylic acids is 2. The molecule has 170 valence electrons. The van der Waals surface area contributed by atoms with Crippen molar-refractivity contribution >= 4 is 17.5 Å². The number of amides is 2. The van der Waals surface area contributed by atoms with Crippen molar-refractivity contribution in [2.45, 2.75) is 32.4 Å². The first kappa shape index (κ1) is 22.4. The summed E-state index contributed by atoms with van der Waals surface area (Å²) in [5.41, 5.74) is 4.53. The first-order valence-corrected chi connectivity index (χ1v) is 11.0. The molecule has 1 N–H and O–H groups in total. The van der Waals surface area contributed by atoms with Gasteiger partial charge in [0.25, 0.3) is 5.91 Å². The maximum absolute atomic E-state index is 13.1. The molecule has 3 aromatic rings. The van der Waals surface area contributed by atoms with E-state index in [1.165, 1.54) is 0 Å². The standard InChI is InChI=1S/C27H28N2O4/c1-18-13-22-11-9-20(14-23(22)29(18)27(31)21-7-5-4-6-8-21)17-28-26(30)16-19-10-12-24(32-2)25(15-19)33-3/h4-12,14-15,18H,13,16-17H2,1-3H3,(H,28,30). The fourth-order valence-corrected chi connectivity index (χ4v) is 4.23. The molecule has 0 fully saturated rings. The Hall–Kier alpha value is -3.80. The van der Waals surface area contributed by atoms with Crippen molar-refractivity contribution in [3.05, 3.63) is 89.0 Å². The van der Waals surface area contributed by atoms with Gasteiger partial charge < -0.3 is 19.7 Å². The Bertz CT molecular complexity index is 1160. The smallest absolute Gasteiger partial charge is 0.258 e. The average Bonchev–Trinajstić information content (AvgIpc) is 3.17. The Morgan fingerprint density at radius 3 is 2.39 bits per heavy atom. The molecule has 0 aliphatic carbocycles. The number of fused-ring (bicyclic) bond motifs is 1. The second kappa shape index (κ2) is 9.77. The van der Waals surface area contributed by atoms with Gasteiger partial charge in [0, 0.05) is 23.8 Å². The molecule has 0 radical (unpaired) electrons. The summed E-state index contributed by atoms with van der Waals surface area (Å²) in [6.07, 6.45) is 1.06. The van der Waals surface area contributed by atoms with Gasteiger partial charge in [-0.25, -0.2) is 0 Å². The third kappa shape index (κ3) is 4.85. The number of hydrogen-bond acceptors (Lipinski definition) is 4. The van der Waals surface area contributed by atoms with Crippen molar-refractivity contribution < 1.29 is 19.1 Å². The van der Waals surface area contributed by atoms with Crippen molar-refractivity contribution in [3.8, 4) is 11.5 Å². The van der Waals surface area contributed by atoms with Gasteiger partial charge >= 0.3 is 0 Å². The van der Waals surface area contributed by atoms with Crippen LogP contribution in [0.15, 0.2) is 66.7 Å². The normalized spacial score (nSPS) is 14.5. The summed E-state index contributed by atoms with van der Waals surface area (Å²) in [5, 5.41) is 2.98. The zero-order valence-corrected chi connectivity index (χ0v) is 19.1. The molecule has 33 heavy (non-hydrogen) atoms. The molecule has 1 aliphatic rings. The lowest BCUT2D eigenvalue weighted by atomic mass is 10.1. The molecule has 4 rings (SSSR count). The quantitative estimate of drug-likeness (QED) is 0.594. The summed E-state index contributed by atoms with van der Waals surface area (Å²) in [6, 6.07) is 20.9.